The zero-order valence-electron chi connectivity index (χ0n) is 11.1. The molecule has 1 rings (SSSR count). The van der Waals surface area contributed by atoms with Crippen LogP contribution in [0.2, 0.25) is 0 Å². The van der Waals surface area contributed by atoms with Gasteiger partial charge < -0.3 is 10.6 Å². The molecule has 1 heterocycles. The number of nitriles is 1. The van der Waals surface area contributed by atoms with Gasteiger partial charge in [0.05, 0.1) is 24.7 Å². The van der Waals surface area contributed by atoms with E-state index in [2.05, 4.69) is 15.7 Å². The summed E-state index contributed by atoms with van der Waals surface area (Å²) in [6.45, 7) is 5.24. The first-order chi connectivity index (χ1) is 8.56. The Morgan fingerprint density at radius 3 is 2.78 bits per heavy atom. The van der Waals surface area contributed by atoms with E-state index in [1.165, 1.54) is 0 Å². The van der Waals surface area contributed by atoms with Crippen molar-refractivity contribution < 1.29 is 4.79 Å². The second kappa shape index (κ2) is 6.77. The number of nitrogens with zero attached hydrogens (tertiary/aromatic N) is 3. The number of hydrogen-bond acceptors (Lipinski definition) is 4. The molecule has 0 aliphatic heterocycles. The zero-order chi connectivity index (χ0) is 13.5. The fourth-order valence-corrected chi connectivity index (χ4v) is 1.69. The van der Waals surface area contributed by atoms with Crippen LogP contribution in [0.15, 0.2) is 0 Å². The van der Waals surface area contributed by atoms with Gasteiger partial charge in [-0.25, -0.2) is 0 Å². The van der Waals surface area contributed by atoms with Gasteiger partial charge in [0.1, 0.15) is 0 Å². The summed E-state index contributed by atoms with van der Waals surface area (Å²) in [6, 6.07) is 1.98. The van der Waals surface area contributed by atoms with E-state index in [0.717, 1.165) is 17.0 Å². The van der Waals surface area contributed by atoms with Crippen LogP contribution in [-0.4, -0.2) is 28.8 Å². The SMILES string of the molecule is Cc1nn(C)c(C)c1CNCC(=O)NCCC#N. The molecular formula is C12H19N5O. The van der Waals surface area contributed by atoms with Crippen LogP contribution in [0.25, 0.3) is 0 Å². The summed E-state index contributed by atoms with van der Waals surface area (Å²) in [5, 5.41) is 18.4. The lowest BCUT2D eigenvalue weighted by atomic mass is 10.2. The average Bonchev–Trinajstić information content (AvgIpc) is 2.56. The Bertz CT molecular complexity index is 458. The molecule has 98 valence electrons. The number of carbonyl (C=O) groups excluding carboxylic acids is 1. The van der Waals surface area contributed by atoms with Crippen molar-refractivity contribution in [1.82, 2.24) is 20.4 Å². The summed E-state index contributed by atoms with van der Waals surface area (Å²) in [5.74, 6) is -0.0931. The highest BCUT2D eigenvalue weighted by molar-refractivity contribution is 5.77. The van der Waals surface area contributed by atoms with Crippen molar-refractivity contribution in [3.63, 3.8) is 0 Å². The van der Waals surface area contributed by atoms with Crippen LogP contribution in [0.3, 0.4) is 0 Å². The van der Waals surface area contributed by atoms with Gasteiger partial charge in [-0.3, -0.25) is 9.48 Å². The van der Waals surface area contributed by atoms with E-state index in [-0.39, 0.29) is 12.5 Å². The number of aryl methyl sites for hydroxylation is 2. The van der Waals surface area contributed by atoms with E-state index in [4.69, 9.17) is 5.26 Å². The number of aromatic nitrogens is 2. The summed E-state index contributed by atoms with van der Waals surface area (Å²) >= 11 is 0. The van der Waals surface area contributed by atoms with Gasteiger partial charge in [-0.1, -0.05) is 0 Å². The highest BCUT2D eigenvalue weighted by atomic mass is 16.1. The average molecular weight is 249 g/mol. The fraction of sp³-hybridized carbons (Fsp3) is 0.583. The minimum absolute atomic E-state index is 0.0931. The van der Waals surface area contributed by atoms with Gasteiger partial charge in [0.2, 0.25) is 5.91 Å². The molecule has 2 N–H and O–H groups in total. The Morgan fingerprint density at radius 2 is 2.22 bits per heavy atom. The van der Waals surface area contributed by atoms with Gasteiger partial charge in [0.15, 0.2) is 0 Å². The fourth-order valence-electron chi connectivity index (χ4n) is 1.69. The maximum absolute atomic E-state index is 11.4. The monoisotopic (exact) mass is 249 g/mol. The van der Waals surface area contributed by atoms with Crippen LogP contribution >= 0.6 is 0 Å². The summed E-state index contributed by atoms with van der Waals surface area (Å²) in [7, 11) is 1.90. The topological polar surface area (TPSA) is 82.7 Å². The van der Waals surface area contributed by atoms with Crippen LogP contribution in [-0.2, 0) is 18.4 Å². The van der Waals surface area contributed by atoms with Gasteiger partial charge in [-0.15, -0.1) is 0 Å². The highest BCUT2D eigenvalue weighted by Gasteiger charge is 2.09. The molecule has 0 bridgehead atoms. The molecule has 0 saturated carbocycles. The Balaban J connectivity index is 2.33. The zero-order valence-corrected chi connectivity index (χ0v) is 11.1. The molecule has 1 aromatic heterocycles. The van der Waals surface area contributed by atoms with E-state index in [0.29, 0.717) is 19.5 Å². The Hall–Kier alpha value is -1.87. The predicted molar refractivity (Wildman–Crippen MR) is 67.6 cm³/mol. The van der Waals surface area contributed by atoms with Gasteiger partial charge in [-0.2, -0.15) is 10.4 Å². The van der Waals surface area contributed by atoms with Gasteiger partial charge in [0.25, 0.3) is 0 Å². The lowest BCUT2D eigenvalue weighted by molar-refractivity contribution is -0.120. The standard InChI is InChI=1S/C12H19N5O/c1-9-11(10(2)17(3)16-9)7-14-8-12(18)15-6-4-5-13/h14H,4,6-8H2,1-3H3,(H,15,18). The van der Waals surface area contributed by atoms with Crippen molar-refractivity contribution in [3.8, 4) is 6.07 Å². The first-order valence-electron chi connectivity index (χ1n) is 5.89. The van der Waals surface area contributed by atoms with Crippen molar-refractivity contribution >= 4 is 5.91 Å². The molecule has 6 heteroatoms. The Kier molecular flexibility index (Phi) is 5.33. The number of carbonyl (C=O) groups is 1. The first-order valence-corrected chi connectivity index (χ1v) is 5.89. The van der Waals surface area contributed by atoms with Crippen LogP contribution in [0.4, 0.5) is 0 Å². The molecule has 6 nitrogen and oxygen atoms in total. The molecule has 18 heavy (non-hydrogen) atoms. The van der Waals surface area contributed by atoms with Gasteiger partial charge >= 0.3 is 0 Å². The summed E-state index contributed by atoms with van der Waals surface area (Å²) in [6.07, 6.45) is 0.340. The molecule has 1 amide bonds. The summed E-state index contributed by atoms with van der Waals surface area (Å²) < 4.78 is 1.83. The molecule has 0 radical (unpaired) electrons. The summed E-state index contributed by atoms with van der Waals surface area (Å²) in [5.41, 5.74) is 3.21. The third-order valence-electron chi connectivity index (χ3n) is 2.81. The van der Waals surface area contributed by atoms with Crippen molar-refractivity contribution in [2.45, 2.75) is 26.8 Å². The van der Waals surface area contributed by atoms with Gasteiger partial charge in [-0.05, 0) is 13.8 Å². The number of rotatable bonds is 6. The largest absolute Gasteiger partial charge is 0.354 e. The molecule has 0 saturated heterocycles. The minimum Gasteiger partial charge on any atom is -0.354 e. The van der Waals surface area contributed by atoms with E-state index in [1.807, 2.05) is 31.6 Å². The van der Waals surface area contributed by atoms with E-state index >= 15 is 0 Å². The van der Waals surface area contributed by atoms with E-state index < -0.39 is 0 Å². The highest BCUT2D eigenvalue weighted by Crippen LogP contribution is 2.10. The van der Waals surface area contributed by atoms with Crippen LogP contribution in [0.1, 0.15) is 23.4 Å². The minimum atomic E-state index is -0.0931. The number of nitrogens with one attached hydrogen (secondary N) is 2. The third kappa shape index (κ3) is 3.86. The van der Waals surface area contributed by atoms with Crippen LogP contribution in [0, 0.1) is 25.2 Å². The second-order valence-electron chi connectivity index (χ2n) is 4.13. The van der Waals surface area contributed by atoms with Crippen molar-refractivity contribution in [2.75, 3.05) is 13.1 Å². The second-order valence-corrected chi connectivity index (χ2v) is 4.13. The summed E-state index contributed by atoms with van der Waals surface area (Å²) in [4.78, 5) is 11.4. The molecular weight excluding hydrogens is 230 g/mol. The molecule has 1 aromatic rings. The normalized spacial score (nSPS) is 10.1. The first kappa shape index (κ1) is 14.2. The third-order valence-corrected chi connectivity index (χ3v) is 2.81. The molecule has 0 aliphatic rings. The van der Waals surface area contributed by atoms with Crippen molar-refractivity contribution in [1.29, 1.82) is 5.26 Å². The Morgan fingerprint density at radius 1 is 1.50 bits per heavy atom. The number of amides is 1. The van der Waals surface area contributed by atoms with E-state index in [1.54, 1.807) is 0 Å². The molecule has 0 atom stereocenters. The van der Waals surface area contributed by atoms with Crippen LogP contribution in [0.5, 0.6) is 0 Å². The maximum atomic E-state index is 11.4. The quantitative estimate of drug-likeness (QED) is 0.703. The molecule has 0 spiro atoms. The van der Waals surface area contributed by atoms with Crippen LogP contribution < -0.4 is 10.6 Å². The molecule has 0 unspecified atom stereocenters. The van der Waals surface area contributed by atoms with Crippen molar-refractivity contribution in [2.24, 2.45) is 7.05 Å². The molecule has 0 fully saturated rings. The lowest BCUT2D eigenvalue weighted by Gasteiger charge is -2.06. The molecule has 0 aromatic carbocycles. The Labute approximate surface area is 107 Å². The predicted octanol–water partition coefficient (Wildman–Crippen LogP) is 0.156. The maximum Gasteiger partial charge on any atom is 0.234 e. The number of hydrogen-bond donors (Lipinski definition) is 2. The smallest absolute Gasteiger partial charge is 0.234 e. The van der Waals surface area contributed by atoms with Crippen molar-refractivity contribution in [3.05, 3.63) is 17.0 Å². The van der Waals surface area contributed by atoms with E-state index in [9.17, 15) is 4.79 Å². The lowest BCUT2D eigenvalue weighted by Crippen LogP contribution is -2.34. The molecule has 0 aliphatic carbocycles. The van der Waals surface area contributed by atoms with Gasteiger partial charge in [0, 0.05) is 31.4 Å².